The van der Waals surface area contributed by atoms with Crippen LogP contribution < -0.4 is 0 Å². The van der Waals surface area contributed by atoms with Gasteiger partial charge in [-0.25, -0.2) is 0 Å². The molecule has 29 heavy (non-hydrogen) atoms. The average molecular weight is 404 g/mol. The van der Waals surface area contributed by atoms with Gasteiger partial charge in [0, 0.05) is 30.1 Å². The lowest BCUT2D eigenvalue weighted by molar-refractivity contribution is -0.554. The van der Waals surface area contributed by atoms with E-state index < -0.39 is 53.1 Å². The van der Waals surface area contributed by atoms with Gasteiger partial charge in [-0.2, -0.15) is 0 Å². The highest BCUT2D eigenvalue weighted by Crippen LogP contribution is 2.81. The molecule has 0 aromatic heterocycles. The Morgan fingerprint density at radius 1 is 1.28 bits per heavy atom. The lowest BCUT2D eigenvalue weighted by Gasteiger charge is -2.79. The normalized spacial score (nSPS) is 58.3. The predicted octanol–water partition coefficient (Wildman–Crippen LogP) is 1.31. The van der Waals surface area contributed by atoms with E-state index in [0.29, 0.717) is 18.4 Å². The summed E-state index contributed by atoms with van der Waals surface area (Å²) >= 11 is 0. The maximum absolute atomic E-state index is 13.7. The van der Waals surface area contributed by atoms with Crippen LogP contribution in [0.5, 0.6) is 0 Å². The summed E-state index contributed by atoms with van der Waals surface area (Å²) in [6.45, 7) is 9.58. The molecule has 7 nitrogen and oxygen atoms in total. The molecule has 0 radical (unpaired) electrons. The van der Waals surface area contributed by atoms with Crippen LogP contribution in [0.15, 0.2) is 12.2 Å². The van der Waals surface area contributed by atoms with Crippen LogP contribution >= 0.6 is 0 Å². The highest BCUT2D eigenvalue weighted by molar-refractivity contribution is 6.05. The van der Waals surface area contributed by atoms with Gasteiger partial charge < -0.3 is 24.4 Å². The Morgan fingerprint density at radius 3 is 2.69 bits per heavy atom. The molecule has 4 saturated carbocycles. The van der Waals surface area contributed by atoms with Crippen molar-refractivity contribution >= 4 is 11.8 Å². The first kappa shape index (κ1) is 18.5. The summed E-state index contributed by atoms with van der Waals surface area (Å²) in [6, 6.07) is 0. The minimum Gasteiger partial charge on any atom is -0.462 e. The summed E-state index contributed by atoms with van der Waals surface area (Å²) < 4.78 is 18.3. The largest absolute Gasteiger partial charge is 0.462 e. The van der Waals surface area contributed by atoms with Crippen LogP contribution in [0.1, 0.15) is 46.5 Å². The molecule has 158 valence electrons. The smallest absolute Gasteiger partial charge is 0.302 e. The minimum absolute atomic E-state index is 0.290. The van der Waals surface area contributed by atoms with Crippen LogP contribution in [0.25, 0.3) is 0 Å². The fourth-order valence-electron chi connectivity index (χ4n) is 8.79. The van der Waals surface area contributed by atoms with Crippen molar-refractivity contribution in [3.63, 3.8) is 0 Å². The number of hydrogen-bond donors (Lipinski definition) is 2. The van der Waals surface area contributed by atoms with Gasteiger partial charge in [-0.1, -0.05) is 26.8 Å². The second kappa shape index (κ2) is 4.96. The Hall–Kier alpha value is -1.28. The molecule has 1 unspecified atom stereocenters. The maximum Gasteiger partial charge on any atom is 0.302 e. The Balaban J connectivity index is 1.67. The number of hydrogen-bond acceptors (Lipinski definition) is 7. The quantitative estimate of drug-likeness (QED) is 0.502. The second-order valence-electron chi connectivity index (χ2n) is 10.8. The first-order valence-electron chi connectivity index (χ1n) is 10.7. The molecule has 0 aromatic rings. The van der Waals surface area contributed by atoms with Crippen molar-refractivity contribution in [3.05, 3.63) is 12.2 Å². The molecule has 7 heteroatoms. The number of rotatable bonds is 1. The lowest BCUT2D eigenvalue weighted by Crippen LogP contribution is -2.91. The highest BCUT2D eigenvalue weighted by atomic mass is 16.8. The van der Waals surface area contributed by atoms with Gasteiger partial charge >= 0.3 is 5.97 Å². The Morgan fingerprint density at radius 2 is 2.00 bits per heavy atom. The van der Waals surface area contributed by atoms with Crippen LogP contribution in [0.4, 0.5) is 0 Å². The van der Waals surface area contributed by atoms with Gasteiger partial charge in [-0.05, 0) is 30.3 Å². The number of carbonyl (C=O) groups is 2. The third-order valence-electron chi connectivity index (χ3n) is 9.33. The maximum atomic E-state index is 13.7. The van der Waals surface area contributed by atoms with E-state index in [1.165, 1.54) is 6.92 Å². The highest BCUT2D eigenvalue weighted by Gasteiger charge is 2.93. The SMILES string of the molecule is C=C1C(=O)[C@@]23[C@@H]4OC5O[C@@]2(O)[C@@H](O)[C@@H]2C(C)(C)CCC[C@]52[C@@H]3[C@@H](OC(C)=O)C[C@@H]14. The van der Waals surface area contributed by atoms with E-state index in [1.54, 1.807) is 0 Å². The standard InChI is InChI=1S/C22H28O7/c1-9-11-8-12(27-10(2)23)13-20-7-5-6-19(3,4)14(20)16(25)22(26)21(13,15(9)24)17(11)28-18(20)29-22/h11-14,16-18,25-26H,1,5-8H2,2-4H3/t11-,12-,13-,14+,16-,17+,18?,20+,21-,22-/m0/s1. The van der Waals surface area contributed by atoms with E-state index in [4.69, 9.17) is 14.2 Å². The zero-order valence-corrected chi connectivity index (χ0v) is 17.0. The molecule has 8 aliphatic rings. The minimum atomic E-state index is -2.07. The molecule has 4 heterocycles. The number of ether oxygens (including phenoxy) is 3. The molecule has 0 amide bonds. The molecule has 8 fully saturated rings. The van der Waals surface area contributed by atoms with E-state index >= 15 is 0 Å². The van der Waals surface area contributed by atoms with Gasteiger partial charge in [0.25, 0.3) is 0 Å². The van der Waals surface area contributed by atoms with Crippen LogP contribution in [-0.4, -0.2) is 52.4 Å². The van der Waals surface area contributed by atoms with Crippen molar-refractivity contribution in [2.75, 3.05) is 0 Å². The molecule has 8 rings (SSSR count). The molecular formula is C22H28O7. The number of aliphatic hydroxyl groups is 2. The number of Topliss-reactive ketones (excluding diaryl/α,β-unsaturated/α-hetero) is 1. The van der Waals surface area contributed by atoms with E-state index in [0.717, 1.165) is 12.8 Å². The molecule has 2 spiro atoms. The molecule has 10 atom stereocenters. The van der Waals surface area contributed by atoms with E-state index in [2.05, 4.69) is 20.4 Å². The number of esters is 1. The van der Waals surface area contributed by atoms with E-state index in [9.17, 15) is 19.8 Å². The van der Waals surface area contributed by atoms with Crippen molar-refractivity contribution in [2.45, 2.75) is 76.8 Å². The molecule has 4 saturated heterocycles. The van der Waals surface area contributed by atoms with Crippen LogP contribution in [0.3, 0.4) is 0 Å². The monoisotopic (exact) mass is 404 g/mol. The van der Waals surface area contributed by atoms with Gasteiger partial charge in [0.2, 0.25) is 5.79 Å². The van der Waals surface area contributed by atoms with Gasteiger partial charge in [0.1, 0.15) is 17.6 Å². The third-order valence-corrected chi connectivity index (χ3v) is 9.33. The van der Waals surface area contributed by atoms with Crippen molar-refractivity contribution < 1.29 is 34.0 Å². The molecule has 0 aromatic carbocycles. The van der Waals surface area contributed by atoms with Crippen molar-refractivity contribution in [1.82, 2.24) is 0 Å². The fraction of sp³-hybridized carbons (Fsp3) is 0.818. The lowest BCUT2D eigenvalue weighted by atomic mass is 9.34. The van der Waals surface area contributed by atoms with Crippen LogP contribution in [0.2, 0.25) is 0 Å². The van der Waals surface area contributed by atoms with Crippen LogP contribution in [-0.2, 0) is 23.8 Å². The Bertz CT molecular complexity index is 865. The number of ketones is 1. The zero-order chi connectivity index (χ0) is 20.7. The third kappa shape index (κ3) is 1.61. The van der Waals surface area contributed by atoms with Crippen molar-refractivity contribution in [1.29, 1.82) is 0 Å². The predicted molar refractivity (Wildman–Crippen MR) is 98.0 cm³/mol. The van der Waals surface area contributed by atoms with Gasteiger partial charge in [-0.15, -0.1) is 0 Å². The molecule has 4 aliphatic carbocycles. The summed E-state index contributed by atoms with van der Waals surface area (Å²) in [7, 11) is 0. The zero-order valence-electron chi connectivity index (χ0n) is 17.0. The van der Waals surface area contributed by atoms with Crippen molar-refractivity contribution in [2.24, 2.45) is 34.0 Å². The molecule has 4 aliphatic heterocycles. The Labute approximate surface area is 169 Å². The molecule has 2 N–H and O–H groups in total. The van der Waals surface area contributed by atoms with Crippen LogP contribution in [0, 0.1) is 34.0 Å². The summed E-state index contributed by atoms with van der Waals surface area (Å²) in [5, 5.41) is 23.4. The topological polar surface area (TPSA) is 102 Å². The van der Waals surface area contributed by atoms with Gasteiger partial charge in [-0.3, -0.25) is 9.59 Å². The first-order chi connectivity index (χ1) is 13.5. The van der Waals surface area contributed by atoms with Crippen molar-refractivity contribution in [3.8, 4) is 0 Å². The summed E-state index contributed by atoms with van der Waals surface area (Å²) in [4.78, 5) is 25.7. The number of carbonyl (C=O) groups excluding carboxylic acids is 2. The number of aliphatic hydroxyl groups excluding tert-OH is 1. The average Bonchev–Trinajstić information content (AvgIpc) is 2.76. The summed E-state index contributed by atoms with van der Waals surface area (Å²) in [5.74, 6) is -3.92. The van der Waals surface area contributed by atoms with Gasteiger partial charge in [0.05, 0.1) is 6.10 Å². The first-order valence-corrected chi connectivity index (χ1v) is 10.7. The Kier molecular flexibility index (Phi) is 3.16. The summed E-state index contributed by atoms with van der Waals surface area (Å²) in [5.41, 5.74) is -2.09. The van der Waals surface area contributed by atoms with E-state index in [1.807, 2.05) is 0 Å². The molecular weight excluding hydrogens is 376 g/mol. The van der Waals surface area contributed by atoms with E-state index in [-0.39, 0.29) is 23.0 Å². The summed E-state index contributed by atoms with van der Waals surface area (Å²) in [6.07, 6.45) is -0.170. The van der Waals surface area contributed by atoms with Gasteiger partial charge in [0.15, 0.2) is 12.1 Å². The molecule has 7 bridgehead atoms. The second-order valence-corrected chi connectivity index (χ2v) is 10.8. The fourth-order valence-corrected chi connectivity index (χ4v) is 8.79.